The monoisotopic (exact) mass is 485 g/mol. The van der Waals surface area contributed by atoms with Crippen LogP contribution in [0.4, 0.5) is 10.3 Å². The van der Waals surface area contributed by atoms with Crippen molar-refractivity contribution >= 4 is 72.1 Å². The summed E-state index contributed by atoms with van der Waals surface area (Å²) in [5, 5.41) is 2.81. The molecule has 25 heavy (non-hydrogen) atoms. The van der Waals surface area contributed by atoms with E-state index >= 15 is 0 Å². The molecular weight excluding hydrogens is 480 g/mol. The Kier molecular flexibility index (Phi) is 3.93. The van der Waals surface area contributed by atoms with Crippen molar-refractivity contribution in [3.8, 4) is 0 Å². The minimum atomic E-state index is -0.551. The molecule has 0 radical (unpaired) electrons. The highest BCUT2D eigenvalue weighted by atomic mass is 79.9. The molecule has 4 rings (SSSR count). The molecule has 0 atom stereocenters. The number of imidazole rings is 1. The average Bonchev–Trinajstić information content (AvgIpc) is 3.07. The number of aromatic nitrogens is 2. The van der Waals surface area contributed by atoms with E-state index in [2.05, 4.69) is 42.2 Å². The van der Waals surface area contributed by atoms with E-state index in [1.165, 1.54) is 12.1 Å². The van der Waals surface area contributed by atoms with E-state index in [4.69, 9.17) is 11.6 Å². The summed E-state index contributed by atoms with van der Waals surface area (Å²) >= 11 is 12.9. The van der Waals surface area contributed by atoms with Crippen LogP contribution in [-0.4, -0.2) is 21.2 Å². The van der Waals surface area contributed by atoms with Crippen LogP contribution < -0.4 is 5.32 Å². The topological polar surface area (TPSA) is 64.0 Å². The van der Waals surface area contributed by atoms with E-state index in [-0.39, 0.29) is 28.6 Å². The first-order valence-corrected chi connectivity index (χ1v) is 9.01. The Balaban J connectivity index is 1.93. The van der Waals surface area contributed by atoms with Crippen molar-refractivity contribution in [2.45, 2.75) is 6.54 Å². The maximum atomic E-state index is 13.5. The van der Waals surface area contributed by atoms with Crippen LogP contribution in [0.3, 0.4) is 0 Å². The number of anilines is 1. The van der Waals surface area contributed by atoms with E-state index in [1.807, 2.05) is 0 Å². The normalized spacial score (nSPS) is 13.2. The van der Waals surface area contributed by atoms with Gasteiger partial charge in [0.25, 0.3) is 0 Å². The van der Waals surface area contributed by atoms with Crippen LogP contribution in [0.25, 0.3) is 11.0 Å². The zero-order valence-electron chi connectivity index (χ0n) is 12.2. The molecule has 9 heteroatoms. The fourth-order valence-corrected chi connectivity index (χ4v) is 4.52. The first-order chi connectivity index (χ1) is 11.9. The Hall–Kier alpha value is -1.77. The number of hydrogen-bond acceptors (Lipinski definition) is 3. The summed E-state index contributed by atoms with van der Waals surface area (Å²) in [6.45, 7) is 0.160. The van der Waals surface area contributed by atoms with Gasteiger partial charge in [-0.2, -0.15) is 0 Å². The Morgan fingerprint density at radius 2 is 2.08 bits per heavy atom. The number of nitrogens with one attached hydrogen (secondary N) is 1. The highest BCUT2D eigenvalue weighted by Crippen LogP contribution is 2.38. The van der Waals surface area contributed by atoms with Gasteiger partial charge in [0.05, 0.1) is 20.6 Å². The highest BCUT2D eigenvalue weighted by molar-refractivity contribution is 9.11. The molecule has 0 saturated heterocycles. The molecule has 0 saturated carbocycles. The smallest absolute Gasteiger partial charge is 0.246 e. The van der Waals surface area contributed by atoms with Gasteiger partial charge in [-0.25, -0.2) is 9.37 Å². The van der Waals surface area contributed by atoms with Gasteiger partial charge in [-0.05, 0) is 56.1 Å². The standard InChI is InChI=1S/C16H7Br2ClFN3O2/c17-8-4-10-14(22-16-21-11(24)5-23(10)16)13(18)12(8)15(25)7-3-6(20)1-2-9(7)19/h1-4H,5H2,(H,21,22,24). The van der Waals surface area contributed by atoms with Gasteiger partial charge < -0.3 is 4.57 Å². The number of benzene rings is 2. The Morgan fingerprint density at radius 1 is 1.32 bits per heavy atom. The van der Waals surface area contributed by atoms with Crippen molar-refractivity contribution in [3.63, 3.8) is 0 Å². The fraction of sp³-hybridized carbons (Fsp3) is 0.0625. The number of amides is 1. The second kappa shape index (κ2) is 5.89. The minimum absolute atomic E-state index is 0.0578. The van der Waals surface area contributed by atoms with Crippen LogP contribution in [0.5, 0.6) is 0 Å². The summed E-state index contributed by atoms with van der Waals surface area (Å²) < 4.78 is 16.2. The second-order valence-corrected chi connectivity index (χ2v) is 7.49. The number of rotatable bonds is 2. The lowest BCUT2D eigenvalue weighted by atomic mass is 10.0. The number of halogens is 4. The van der Waals surface area contributed by atoms with E-state index < -0.39 is 11.6 Å². The van der Waals surface area contributed by atoms with Crippen LogP contribution in [0.1, 0.15) is 15.9 Å². The number of hydrogen-bond donors (Lipinski definition) is 1. The molecule has 1 N–H and O–H groups in total. The van der Waals surface area contributed by atoms with Gasteiger partial charge in [-0.3, -0.25) is 14.9 Å². The van der Waals surface area contributed by atoms with Gasteiger partial charge in [0.1, 0.15) is 17.9 Å². The van der Waals surface area contributed by atoms with Gasteiger partial charge in [0.15, 0.2) is 5.78 Å². The molecule has 5 nitrogen and oxygen atoms in total. The first kappa shape index (κ1) is 16.7. The number of ketones is 1. The molecule has 1 amide bonds. The van der Waals surface area contributed by atoms with Crippen molar-refractivity contribution in [2.24, 2.45) is 0 Å². The van der Waals surface area contributed by atoms with Crippen LogP contribution in [0.2, 0.25) is 5.02 Å². The maximum absolute atomic E-state index is 13.5. The molecule has 1 aromatic heterocycles. The van der Waals surface area contributed by atoms with Crippen LogP contribution >= 0.6 is 43.5 Å². The molecule has 0 unspecified atom stereocenters. The lowest BCUT2D eigenvalue weighted by molar-refractivity contribution is -0.115. The fourth-order valence-electron chi connectivity index (χ4n) is 2.77. The third kappa shape index (κ3) is 2.59. The Labute approximate surface area is 162 Å². The zero-order valence-corrected chi connectivity index (χ0v) is 16.2. The summed E-state index contributed by atoms with van der Waals surface area (Å²) in [7, 11) is 0. The van der Waals surface area contributed by atoms with E-state index in [0.29, 0.717) is 25.9 Å². The summed E-state index contributed by atoms with van der Waals surface area (Å²) in [6.07, 6.45) is 0. The largest absolute Gasteiger partial charge is 0.300 e. The number of carbonyl (C=O) groups excluding carboxylic acids is 2. The lowest BCUT2D eigenvalue weighted by Crippen LogP contribution is -2.08. The maximum Gasteiger partial charge on any atom is 0.246 e. The number of nitrogens with zero attached hydrogens (tertiary/aromatic N) is 2. The van der Waals surface area contributed by atoms with Gasteiger partial charge in [-0.15, -0.1) is 0 Å². The summed E-state index contributed by atoms with van der Waals surface area (Å²) in [5.41, 5.74) is 1.55. The minimum Gasteiger partial charge on any atom is -0.300 e. The van der Waals surface area contributed by atoms with Gasteiger partial charge >= 0.3 is 0 Å². The highest BCUT2D eigenvalue weighted by Gasteiger charge is 2.27. The third-order valence-electron chi connectivity index (χ3n) is 3.89. The Morgan fingerprint density at radius 3 is 2.84 bits per heavy atom. The van der Waals surface area contributed by atoms with Gasteiger partial charge in [0, 0.05) is 10.0 Å². The average molecular weight is 488 g/mol. The second-order valence-electron chi connectivity index (χ2n) is 5.44. The lowest BCUT2D eigenvalue weighted by Gasteiger charge is -2.10. The molecule has 3 aromatic rings. The number of fused-ring (bicyclic) bond motifs is 3. The quantitative estimate of drug-likeness (QED) is 0.540. The Bertz CT molecular complexity index is 1100. The van der Waals surface area contributed by atoms with Crippen LogP contribution in [-0.2, 0) is 11.3 Å². The van der Waals surface area contributed by atoms with Gasteiger partial charge in [-0.1, -0.05) is 11.6 Å². The summed E-state index contributed by atoms with van der Waals surface area (Å²) in [6, 6.07) is 5.33. The molecule has 0 spiro atoms. The van der Waals surface area contributed by atoms with Crippen molar-refractivity contribution in [1.82, 2.24) is 9.55 Å². The van der Waals surface area contributed by atoms with Crippen LogP contribution in [0.15, 0.2) is 33.2 Å². The number of carbonyl (C=O) groups is 2. The zero-order chi connectivity index (χ0) is 17.9. The molecule has 2 aromatic carbocycles. The molecule has 0 aliphatic carbocycles. The predicted octanol–water partition coefficient (Wildman–Crippen LogP) is 4.54. The van der Waals surface area contributed by atoms with E-state index in [0.717, 1.165) is 6.07 Å². The molecular formula is C16H7Br2ClFN3O2. The molecule has 1 aliphatic heterocycles. The predicted molar refractivity (Wildman–Crippen MR) is 98.6 cm³/mol. The molecule has 126 valence electrons. The molecule has 0 fully saturated rings. The van der Waals surface area contributed by atoms with Crippen LogP contribution in [0, 0.1) is 5.82 Å². The van der Waals surface area contributed by atoms with E-state index in [1.54, 1.807) is 10.6 Å². The summed E-state index contributed by atoms with van der Waals surface area (Å²) in [4.78, 5) is 28.8. The molecule has 2 heterocycles. The molecule has 0 bridgehead atoms. The van der Waals surface area contributed by atoms with E-state index in [9.17, 15) is 14.0 Å². The van der Waals surface area contributed by atoms with Crippen molar-refractivity contribution < 1.29 is 14.0 Å². The van der Waals surface area contributed by atoms with Gasteiger partial charge in [0.2, 0.25) is 11.9 Å². The SMILES string of the molecule is O=C1Cn2c(nc3c(Br)c(C(=O)c4cc(F)ccc4Cl)c(Br)cc32)N1. The van der Waals surface area contributed by atoms with Crippen molar-refractivity contribution in [1.29, 1.82) is 0 Å². The third-order valence-corrected chi connectivity index (χ3v) is 5.62. The summed E-state index contributed by atoms with van der Waals surface area (Å²) in [5.74, 6) is -0.726. The first-order valence-electron chi connectivity index (χ1n) is 7.04. The molecule has 1 aliphatic rings. The van der Waals surface area contributed by atoms with Crippen molar-refractivity contribution in [3.05, 3.63) is 55.2 Å². The van der Waals surface area contributed by atoms with Crippen molar-refractivity contribution in [2.75, 3.05) is 5.32 Å².